The molecule has 0 aromatic heterocycles. The summed E-state index contributed by atoms with van der Waals surface area (Å²) in [4.78, 5) is 22.9. The van der Waals surface area contributed by atoms with E-state index in [9.17, 15) is 22.4 Å². The fourth-order valence-electron chi connectivity index (χ4n) is 2.16. The molecule has 1 aromatic carbocycles. The SMILES string of the molecule is CC(C)CS(=O)(=O)CC(=O)NC(CC(=O)O)c1ccc(Cl)c(F)c1. The third-order valence-corrected chi connectivity index (χ3v) is 5.18. The van der Waals surface area contributed by atoms with E-state index in [0.29, 0.717) is 0 Å². The lowest BCUT2D eigenvalue weighted by atomic mass is 10.0. The Bertz CT molecular complexity index is 721. The Morgan fingerprint density at radius 1 is 1.33 bits per heavy atom. The van der Waals surface area contributed by atoms with Gasteiger partial charge in [0.25, 0.3) is 0 Å². The lowest BCUT2D eigenvalue weighted by molar-refractivity contribution is -0.137. The third kappa shape index (κ3) is 6.84. The Morgan fingerprint density at radius 2 is 1.96 bits per heavy atom. The molecule has 1 rings (SSSR count). The van der Waals surface area contributed by atoms with Crippen molar-refractivity contribution in [3.8, 4) is 0 Å². The van der Waals surface area contributed by atoms with E-state index in [0.717, 1.165) is 6.07 Å². The third-order valence-electron chi connectivity index (χ3n) is 3.00. The predicted molar refractivity (Wildman–Crippen MR) is 88.0 cm³/mol. The molecule has 0 aliphatic rings. The highest BCUT2D eigenvalue weighted by molar-refractivity contribution is 7.92. The minimum Gasteiger partial charge on any atom is -0.481 e. The van der Waals surface area contributed by atoms with Gasteiger partial charge in [-0.25, -0.2) is 12.8 Å². The van der Waals surface area contributed by atoms with Crippen molar-refractivity contribution < 1.29 is 27.5 Å². The Labute approximate surface area is 144 Å². The van der Waals surface area contributed by atoms with Gasteiger partial charge in [0.05, 0.1) is 23.2 Å². The summed E-state index contributed by atoms with van der Waals surface area (Å²) in [5.74, 6) is -3.86. The molecule has 0 bridgehead atoms. The van der Waals surface area contributed by atoms with Gasteiger partial charge in [0.1, 0.15) is 11.6 Å². The lowest BCUT2D eigenvalue weighted by Gasteiger charge is -2.18. The number of carbonyl (C=O) groups is 2. The van der Waals surface area contributed by atoms with Gasteiger partial charge in [0.15, 0.2) is 9.84 Å². The van der Waals surface area contributed by atoms with Crippen LogP contribution in [0.15, 0.2) is 18.2 Å². The molecule has 1 aromatic rings. The average molecular weight is 380 g/mol. The number of carbonyl (C=O) groups excluding carboxylic acids is 1. The van der Waals surface area contributed by atoms with Crippen molar-refractivity contribution in [1.82, 2.24) is 5.32 Å². The maximum Gasteiger partial charge on any atom is 0.305 e. The van der Waals surface area contributed by atoms with Gasteiger partial charge in [0, 0.05) is 0 Å². The Morgan fingerprint density at radius 3 is 2.46 bits per heavy atom. The monoisotopic (exact) mass is 379 g/mol. The number of carboxylic acids is 1. The molecular weight excluding hydrogens is 361 g/mol. The zero-order valence-corrected chi connectivity index (χ0v) is 14.8. The van der Waals surface area contributed by atoms with Crippen LogP contribution in [0.3, 0.4) is 0 Å². The van der Waals surface area contributed by atoms with Crippen LogP contribution in [-0.4, -0.2) is 36.9 Å². The van der Waals surface area contributed by atoms with Crippen molar-refractivity contribution in [3.05, 3.63) is 34.6 Å². The van der Waals surface area contributed by atoms with Crippen LogP contribution in [0.5, 0.6) is 0 Å². The lowest BCUT2D eigenvalue weighted by Crippen LogP contribution is -2.35. The van der Waals surface area contributed by atoms with E-state index in [1.165, 1.54) is 12.1 Å². The van der Waals surface area contributed by atoms with Crippen molar-refractivity contribution in [2.24, 2.45) is 5.92 Å². The standard InChI is InChI=1S/C15H19ClFNO5S/c1-9(2)7-24(22,23)8-14(19)18-13(6-15(20)21)10-3-4-11(16)12(17)5-10/h3-5,9,13H,6-8H2,1-2H3,(H,18,19)(H,20,21). The quantitative estimate of drug-likeness (QED) is 0.721. The van der Waals surface area contributed by atoms with E-state index >= 15 is 0 Å². The highest BCUT2D eigenvalue weighted by Gasteiger charge is 2.23. The van der Waals surface area contributed by atoms with Gasteiger partial charge in [-0.1, -0.05) is 31.5 Å². The normalized spacial score (nSPS) is 12.9. The second kappa shape index (κ2) is 8.43. The van der Waals surface area contributed by atoms with Crippen LogP contribution >= 0.6 is 11.6 Å². The number of amides is 1. The highest BCUT2D eigenvalue weighted by Crippen LogP contribution is 2.22. The topological polar surface area (TPSA) is 101 Å². The van der Waals surface area contributed by atoms with Gasteiger partial charge in [0.2, 0.25) is 5.91 Å². The van der Waals surface area contributed by atoms with E-state index in [4.69, 9.17) is 16.7 Å². The number of hydrogen-bond acceptors (Lipinski definition) is 4. The van der Waals surface area contributed by atoms with Gasteiger partial charge in [-0.3, -0.25) is 9.59 Å². The molecule has 0 spiro atoms. The first-order chi connectivity index (χ1) is 11.0. The van der Waals surface area contributed by atoms with Crippen molar-refractivity contribution in [2.45, 2.75) is 26.3 Å². The first-order valence-corrected chi connectivity index (χ1v) is 9.36. The summed E-state index contributed by atoms with van der Waals surface area (Å²) in [5, 5.41) is 11.1. The number of rotatable bonds is 8. The summed E-state index contributed by atoms with van der Waals surface area (Å²) >= 11 is 5.57. The first kappa shape index (κ1) is 20.4. The zero-order chi connectivity index (χ0) is 18.5. The van der Waals surface area contributed by atoms with E-state index in [-0.39, 0.29) is 22.3 Å². The molecule has 0 aliphatic carbocycles. The zero-order valence-electron chi connectivity index (χ0n) is 13.3. The summed E-state index contributed by atoms with van der Waals surface area (Å²) < 4.78 is 37.2. The first-order valence-electron chi connectivity index (χ1n) is 7.16. The van der Waals surface area contributed by atoms with E-state index in [2.05, 4.69) is 5.32 Å². The number of halogens is 2. The van der Waals surface area contributed by atoms with Crippen LogP contribution in [0.1, 0.15) is 31.9 Å². The molecule has 1 unspecified atom stereocenters. The number of aliphatic carboxylic acids is 1. The van der Waals surface area contributed by atoms with Crippen molar-refractivity contribution in [2.75, 3.05) is 11.5 Å². The molecule has 0 saturated carbocycles. The number of hydrogen-bond donors (Lipinski definition) is 2. The minimum absolute atomic E-state index is 0.136. The summed E-state index contributed by atoms with van der Waals surface area (Å²) in [6, 6.07) is 2.57. The maximum atomic E-state index is 13.5. The molecule has 6 nitrogen and oxygen atoms in total. The van der Waals surface area contributed by atoms with E-state index in [1.54, 1.807) is 13.8 Å². The fourth-order valence-corrected chi connectivity index (χ4v) is 3.89. The summed E-state index contributed by atoms with van der Waals surface area (Å²) in [5.41, 5.74) is 0.189. The van der Waals surface area contributed by atoms with Crippen LogP contribution in [0.25, 0.3) is 0 Å². The number of sulfone groups is 1. The van der Waals surface area contributed by atoms with Gasteiger partial charge >= 0.3 is 5.97 Å². The predicted octanol–water partition coefficient (Wildman–Crippen LogP) is 2.18. The van der Waals surface area contributed by atoms with Gasteiger partial charge in [-0.05, 0) is 23.6 Å². The van der Waals surface area contributed by atoms with Crippen molar-refractivity contribution >= 4 is 33.3 Å². The van der Waals surface area contributed by atoms with Gasteiger partial charge in [-0.2, -0.15) is 0 Å². The second-order valence-electron chi connectivity index (χ2n) is 5.84. The number of nitrogens with one attached hydrogen (secondary N) is 1. The van der Waals surface area contributed by atoms with Crippen LogP contribution in [0.4, 0.5) is 4.39 Å². The summed E-state index contributed by atoms with van der Waals surface area (Å²) in [6.45, 7) is 3.42. The molecule has 0 radical (unpaired) electrons. The summed E-state index contributed by atoms with van der Waals surface area (Å²) in [7, 11) is -3.61. The highest BCUT2D eigenvalue weighted by atomic mass is 35.5. The average Bonchev–Trinajstić information content (AvgIpc) is 2.38. The molecule has 0 heterocycles. The molecule has 0 fully saturated rings. The molecule has 1 atom stereocenters. The Kier molecular flexibility index (Phi) is 7.16. The molecule has 0 saturated heterocycles. The Hall–Kier alpha value is -1.67. The maximum absolute atomic E-state index is 13.5. The largest absolute Gasteiger partial charge is 0.481 e. The van der Waals surface area contributed by atoms with Gasteiger partial charge in [-0.15, -0.1) is 0 Å². The van der Waals surface area contributed by atoms with Crippen LogP contribution in [0, 0.1) is 11.7 Å². The Balaban J connectivity index is 2.92. The van der Waals surface area contributed by atoms with Crippen LogP contribution in [-0.2, 0) is 19.4 Å². The minimum atomic E-state index is -3.61. The molecule has 1 amide bonds. The molecular formula is C15H19ClFNO5S. The van der Waals surface area contributed by atoms with Crippen LogP contribution in [0.2, 0.25) is 5.02 Å². The molecule has 134 valence electrons. The van der Waals surface area contributed by atoms with Crippen molar-refractivity contribution in [1.29, 1.82) is 0 Å². The molecule has 0 aliphatic heterocycles. The molecule has 2 N–H and O–H groups in total. The van der Waals surface area contributed by atoms with Crippen molar-refractivity contribution in [3.63, 3.8) is 0 Å². The number of benzene rings is 1. The van der Waals surface area contributed by atoms with Gasteiger partial charge < -0.3 is 10.4 Å². The second-order valence-corrected chi connectivity index (χ2v) is 8.36. The van der Waals surface area contributed by atoms with Crippen LogP contribution < -0.4 is 5.32 Å². The van der Waals surface area contributed by atoms with E-state index in [1.807, 2.05) is 0 Å². The molecule has 24 heavy (non-hydrogen) atoms. The smallest absolute Gasteiger partial charge is 0.305 e. The molecule has 9 heteroatoms. The summed E-state index contributed by atoms with van der Waals surface area (Å²) in [6.07, 6.45) is -0.517. The fraction of sp³-hybridized carbons (Fsp3) is 0.467. The number of carboxylic acid groups (broad SMARTS) is 1. The van der Waals surface area contributed by atoms with E-state index < -0.39 is 45.7 Å².